The van der Waals surface area contributed by atoms with Crippen LogP contribution in [0.2, 0.25) is 0 Å². The average Bonchev–Trinajstić information content (AvgIpc) is 2.47. The first-order chi connectivity index (χ1) is 11.4. The maximum absolute atomic E-state index is 12.2. The highest BCUT2D eigenvalue weighted by Crippen LogP contribution is 2.02. The average molecular weight is 360 g/mol. The normalized spacial score (nSPS) is 17.0. The zero-order chi connectivity index (χ0) is 19.9. The topological polar surface area (TPSA) is 171 Å². The van der Waals surface area contributed by atoms with E-state index in [9.17, 15) is 24.3 Å². The number of amides is 3. The number of aliphatic hydroxyl groups excluding tert-OH is 1. The van der Waals surface area contributed by atoms with Gasteiger partial charge >= 0.3 is 5.97 Å². The molecule has 0 aromatic heterocycles. The molecule has 0 unspecified atom stereocenters. The molecule has 144 valence electrons. The summed E-state index contributed by atoms with van der Waals surface area (Å²) < 4.78 is 0. The molecule has 7 N–H and O–H groups in total. The Morgan fingerprint density at radius 1 is 0.800 bits per heavy atom. The van der Waals surface area contributed by atoms with E-state index in [0.29, 0.717) is 0 Å². The van der Waals surface area contributed by atoms with Gasteiger partial charge < -0.3 is 31.9 Å². The minimum absolute atomic E-state index is 0.347. The van der Waals surface area contributed by atoms with Crippen LogP contribution in [-0.2, 0) is 19.2 Å². The van der Waals surface area contributed by atoms with Crippen molar-refractivity contribution in [1.82, 2.24) is 16.0 Å². The summed E-state index contributed by atoms with van der Waals surface area (Å²) in [6.45, 7) is 7.35. The van der Waals surface area contributed by atoms with Gasteiger partial charge in [-0.05, 0) is 26.7 Å². The van der Waals surface area contributed by atoms with E-state index in [2.05, 4.69) is 16.0 Å². The number of carbonyl (C=O) groups excluding carboxylic acids is 3. The molecular formula is C15H28N4O6. The fourth-order valence-electron chi connectivity index (χ4n) is 1.85. The summed E-state index contributed by atoms with van der Waals surface area (Å²) in [6, 6.07) is -4.34. The van der Waals surface area contributed by atoms with Gasteiger partial charge in [-0.2, -0.15) is 0 Å². The van der Waals surface area contributed by atoms with Crippen LogP contribution in [0.3, 0.4) is 0 Å². The summed E-state index contributed by atoms with van der Waals surface area (Å²) in [6.07, 6.45) is -1.22. The van der Waals surface area contributed by atoms with Crippen molar-refractivity contribution in [1.29, 1.82) is 0 Å². The molecule has 0 aromatic carbocycles. The Kier molecular flexibility index (Phi) is 9.07. The molecule has 0 aliphatic carbocycles. The molecule has 0 radical (unpaired) electrons. The Balaban J connectivity index is 4.91. The van der Waals surface area contributed by atoms with Gasteiger partial charge in [-0.15, -0.1) is 0 Å². The van der Waals surface area contributed by atoms with Crippen molar-refractivity contribution < 1.29 is 29.4 Å². The highest BCUT2D eigenvalue weighted by molar-refractivity contribution is 5.94. The second-order valence-corrected chi connectivity index (χ2v) is 6.31. The summed E-state index contributed by atoms with van der Waals surface area (Å²) in [5, 5.41) is 25.7. The van der Waals surface area contributed by atoms with Gasteiger partial charge in [0.2, 0.25) is 17.7 Å². The molecule has 0 heterocycles. The van der Waals surface area contributed by atoms with Crippen molar-refractivity contribution in [2.24, 2.45) is 11.7 Å². The number of aliphatic hydroxyl groups is 1. The van der Waals surface area contributed by atoms with Crippen LogP contribution in [0.1, 0.15) is 34.6 Å². The number of carboxylic acids is 1. The van der Waals surface area contributed by atoms with E-state index in [1.54, 1.807) is 13.8 Å². The zero-order valence-electron chi connectivity index (χ0n) is 15.1. The molecule has 0 saturated heterocycles. The van der Waals surface area contributed by atoms with Gasteiger partial charge in [0.25, 0.3) is 0 Å². The monoisotopic (exact) mass is 360 g/mol. The van der Waals surface area contributed by atoms with E-state index >= 15 is 0 Å². The maximum atomic E-state index is 12.2. The van der Waals surface area contributed by atoms with E-state index in [4.69, 9.17) is 10.8 Å². The molecule has 0 aliphatic heterocycles. The molecule has 0 bridgehead atoms. The van der Waals surface area contributed by atoms with Crippen LogP contribution in [0, 0.1) is 5.92 Å². The smallest absolute Gasteiger partial charge is 0.326 e. The van der Waals surface area contributed by atoms with Crippen LogP contribution in [0.25, 0.3) is 0 Å². The summed E-state index contributed by atoms with van der Waals surface area (Å²) in [5.74, 6) is -3.66. The third-order valence-electron chi connectivity index (χ3n) is 3.46. The first-order valence-corrected chi connectivity index (χ1v) is 7.96. The van der Waals surface area contributed by atoms with Crippen molar-refractivity contribution in [3.8, 4) is 0 Å². The Morgan fingerprint density at radius 3 is 1.64 bits per heavy atom. The van der Waals surface area contributed by atoms with E-state index in [1.807, 2.05) is 0 Å². The fourth-order valence-corrected chi connectivity index (χ4v) is 1.85. The molecule has 25 heavy (non-hydrogen) atoms. The molecule has 0 saturated carbocycles. The zero-order valence-corrected chi connectivity index (χ0v) is 15.1. The third-order valence-corrected chi connectivity index (χ3v) is 3.46. The van der Waals surface area contributed by atoms with Crippen LogP contribution in [0.4, 0.5) is 0 Å². The molecule has 0 aromatic rings. The van der Waals surface area contributed by atoms with Gasteiger partial charge in [-0.1, -0.05) is 13.8 Å². The standard InChI is InChI=1S/C15H28N4O6/c1-6(2)10(15(24)25)18-13(22)8(4)17-14(23)11(9(5)20)19-12(21)7(3)16/h6-11,20H,16H2,1-5H3,(H,17,23)(H,18,22)(H,19,21)(H,24,25)/t7-,8-,9+,10-,11-/m0/s1. The lowest BCUT2D eigenvalue weighted by Crippen LogP contribution is -2.59. The molecule has 5 atom stereocenters. The van der Waals surface area contributed by atoms with Gasteiger partial charge in [0.1, 0.15) is 18.1 Å². The van der Waals surface area contributed by atoms with Crippen LogP contribution in [0.15, 0.2) is 0 Å². The molecule has 10 heteroatoms. The summed E-state index contributed by atoms with van der Waals surface area (Å²) >= 11 is 0. The largest absolute Gasteiger partial charge is 0.480 e. The van der Waals surface area contributed by atoms with Crippen molar-refractivity contribution in [2.75, 3.05) is 0 Å². The van der Waals surface area contributed by atoms with Crippen LogP contribution in [0.5, 0.6) is 0 Å². The van der Waals surface area contributed by atoms with Crippen molar-refractivity contribution in [2.45, 2.75) is 64.9 Å². The Labute approximate surface area is 146 Å². The second-order valence-electron chi connectivity index (χ2n) is 6.31. The van der Waals surface area contributed by atoms with Crippen molar-refractivity contribution >= 4 is 23.7 Å². The minimum atomic E-state index is -1.30. The number of nitrogens with two attached hydrogens (primary N) is 1. The van der Waals surface area contributed by atoms with E-state index in [0.717, 1.165) is 0 Å². The van der Waals surface area contributed by atoms with Crippen molar-refractivity contribution in [3.05, 3.63) is 0 Å². The fraction of sp³-hybridized carbons (Fsp3) is 0.733. The van der Waals surface area contributed by atoms with Gasteiger partial charge in [0.15, 0.2) is 0 Å². The summed E-state index contributed by atoms with van der Waals surface area (Å²) in [4.78, 5) is 47.0. The molecule has 0 fully saturated rings. The van der Waals surface area contributed by atoms with Crippen molar-refractivity contribution in [3.63, 3.8) is 0 Å². The van der Waals surface area contributed by atoms with E-state index in [1.165, 1.54) is 20.8 Å². The Hall–Kier alpha value is -2.20. The summed E-state index contributed by atoms with van der Waals surface area (Å²) in [5.41, 5.74) is 5.40. The third kappa shape index (κ3) is 7.48. The van der Waals surface area contributed by atoms with E-state index < -0.39 is 54.0 Å². The highest BCUT2D eigenvalue weighted by atomic mass is 16.4. The lowest BCUT2D eigenvalue weighted by Gasteiger charge is -2.25. The summed E-state index contributed by atoms with van der Waals surface area (Å²) in [7, 11) is 0. The predicted octanol–water partition coefficient (Wildman–Crippen LogP) is -2.07. The Morgan fingerprint density at radius 2 is 1.28 bits per heavy atom. The minimum Gasteiger partial charge on any atom is -0.480 e. The van der Waals surface area contributed by atoms with Crippen LogP contribution in [-0.4, -0.2) is 64.2 Å². The second kappa shape index (κ2) is 9.94. The van der Waals surface area contributed by atoms with Gasteiger partial charge in [0, 0.05) is 0 Å². The molecule has 0 spiro atoms. The number of carbonyl (C=O) groups is 4. The molecule has 0 aliphatic rings. The molecule has 0 rings (SSSR count). The number of hydrogen-bond donors (Lipinski definition) is 6. The maximum Gasteiger partial charge on any atom is 0.326 e. The first-order valence-electron chi connectivity index (χ1n) is 7.96. The van der Waals surface area contributed by atoms with Crippen LogP contribution >= 0.6 is 0 Å². The number of hydrogen-bond acceptors (Lipinski definition) is 6. The number of nitrogens with one attached hydrogen (secondary N) is 3. The molecular weight excluding hydrogens is 332 g/mol. The Bertz CT molecular complexity index is 506. The SMILES string of the molecule is CC(C)[C@H](NC(=O)[C@H](C)NC(=O)[C@@H](NC(=O)[C@H](C)N)[C@@H](C)O)C(=O)O. The van der Waals surface area contributed by atoms with Gasteiger partial charge in [-0.3, -0.25) is 14.4 Å². The van der Waals surface area contributed by atoms with Crippen LogP contribution < -0.4 is 21.7 Å². The number of aliphatic carboxylic acids is 1. The van der Waals surface area contributed by atoms with Gasteiger partial charge in [-0.25, -0.2) is 4.79 Å². The van der Waals surface area contributed by atoms with E-state index in [-0.39, 0.29) is 5.92 Å². The number of carboxylic acid groups (broad SMARTS) is 1. The first kappa shape index (κ1) is 22.8. The lowest BCUT2D eigenvalue weighted by molar-refractivity contribution is -0.143. The number of rotatable bonds is 9. The molecule has 10 nitrogen and oxygen atoms in total. The quantitative estimate of drug-likeness (QED) is 0.274. The predicted molar refractivity (Wildman–Crippen MR) is 89.3 cm³/mol. The molecule has 3 amide bonds. The lowest BCUT2D eigenvalue weighted by atomic mass is 10.0. The van der Waals surface area contributed by atoms with Gasteiger partial charge in [0.05, 0.1) is 12.1 Å². The highest BCUT2D eigenvalue weighted by Gasteiger charge is 2.30.